The molecule has 0 bridgehead atoms. The van der Waals surface area contributed by atoms with Crippen LogP contribution in [-0.2, 0) is 14.3 Å². The molecular weight excluding hydrogens is 412 g/mol. The summed E-state index contributed by atoms with van der Waals surface area (Å²) in [5.41, 5.74) is 1.06. The average Bonchev–Trinajstić information content (AvgIpc) is 2.81. The fraction of sp³-hybridized carbons (Fsp3) is 0.320. The number of esters is 2. The molecule has 7 heteroatoms. The van der Waals surface area contributed by atoms with Crippen molar-refractivity contribution in [2.75, 3.05) is 13.7 Å². The number of benzene rings is 2. The maximum absolute atomic E-state index is 12.1. The molecule has 0 saturated heterocycles. The second-order valence-electron chi connectivity index (χ2n) is 7.55. The van der Waals surface area contributed by atoms with E-state index in [2.05, 4.69) is 6.92 Å². The van der Waals surface area contributed by atoms with Crippen molar-refractivity contribution in [3.05, 3.63) is 70.6 Å². The standard InChI is InChI=1S/C25H26O7/c1-4-17(25(28)29-3)13-16(2)18-5-8-20(9-6-18)31-24(27)15-30-21-10-11-22-19(14-21)7-12-23(26)32-22/h5-12,14,16-17H,4,13,15H2,1-3H3. The number of hydrogen-bond donors (Lipinski definition) is 0. The molecule has 2 atom stereocenters. The Kier molecular flexibility index (Phi) is 7.65. The molecule has 0 aliphatic carbocycles. The minimum Gasteiger partial charge on any atom is -0.482 e. The molecule has 0 amide bonds. The Bertz CT molecular complexity index is 1130. The van der Waals surface area contributed by atoms with E-state index in [-0.39, 0.29) is 24.4 Å². The maximum atomic E-state index is 12.1. The summed E-state index contributed by atoms with van der Waals surface area (Å²) >= 11 is 0. The Morgan fingerprint density at radius 2 is 1.72 bits per heavy atom. The molecule has 0 radical (unpaired) electrons. The van der Waals surface area contributed by atoms with Crippen LogP contribution < -0.4 is 15.1 Å². The molecule has 3 aromatic rings. The lowest BCUT2D eigenvalue weighted by atomic mass is 9.89. The lowest BCUT2D eigenvalue weighted by Gasteiger charge is -2.18. The van der Waals surface area contributed by atoms with Gasteiger partial charge in [-0.2, -0.15) is 0 Å². The van der Waals surface area contributed by atoms with Crippen LogP contribution in [0, 0.1) is 5.92 Å². The third-order valence-electron chi connectivity index (χ3n) is 5.29. The van der Waals surface area contributed by atoms with Crippen molar-refractivity contribution in [2.24, 2.45) is 5.92 Å². The zero-order valence-corrected chi connectivity index (χ0v) is 18.3. The van der Waals surface area contributed by atoms with E-state index in [1.165, 1.54) is 13.2 Å². The number of carbonyl (C=O) groups is 2. The summed E-state index contributed by atoms with van der Waals surface area (Å²) in [7, 11) is 1.40. The molecule has 0 saturated carbocycles. The van der Waals surface area contributed by atoms with Gasteiger partial charge in [-0.25, -0.2) is 9.59 Å². The molecule has 32 heavy (non-hydrogen) atoms. The molecule has 1 aromatic heterocycles. The largest absolute Gasteiger partial charge is 0.482 e. The molecular formula is C25H26O7. The van der Waals surface area contributed by atoms with E-state index in [1.807, 2.05) is 19.1 Å². The Hall–Kier alpha value is -3.61. The van der Waals surface area contributed by atoms with E-state index >= 15 is 0 Å². The number of rotatable bonds is 9. The molecule has 2 aromatic carbocycles. The highest BCUT2D eigenvalue weighted by atomic mass is 16.6. The Labute approximate surface area is 185 Å². The normalized spacial score (nSPS) is 12.7. The van der Waals surface area contributed by atoms with Crippen LogP contribution in [0.5, 0.6) is 11.5 Å². The molecule has 0 N–H and O–H groups in total. The molecule has 0 spiro atoms. The van der Waals surface area contributed by atoms with Crippen molar-refractivity contribution >= 4 is 22.9 Å². The van der Waals surface area contributed by atoms with Crippen LogP contribution in [-0.4, -0.2) is 25.7 Å². The molecule has 3 rings (SSSR count). The van der Waals surface area contributed by atoms with Gasteiger partial charge in [0.1, 0.15) is 17.1 Å². The van der Waals surface area contributed by atoms with Crippen LogP contribution in [0.15, 0.2) is 63.8 Å². The van der Waals surface area contributed by atoms with Crippen LogP contribution in [0.4, 0.5) is 0 Å². The monoisotopic (exact) mass is 438 g/mol. The van der Waals surface area contributed by atoms with Gasteiger partial charge in [-0.05, 0) is 60.7 Å². The fourth-order valence-electron chi connectivity index (χ4n) is 3.47. The average molecular weight is 438 g/mol. The van der Waals surface area contributed by atoms with E-state index < -0.39 is 11.6 Å². The Morgan fingerprint density at radius 1 is 1.00 bits per heavy atom. The molecule has 0 aliphatic heterocycles. The van der Waals surface area contributed by atoms with Gasteiger partial charge in [-0.15, -0.1) is 0 Å². The first kappa shape index (κ1) is 23.1. The maximum Gasteiger partial charge on any atom is 0.349 e. The van der Waals surface area contributed by atoms with Crippen molar-refractivity contribution in [2.45, 2.75) is 32.6 Å². The SMILES string of the molecule is CCC(CC(C)c1ccc(OC(=O)COc2ccc3oc(=O)ccc3c2)cc1)C(=O)OC. The smallest absolute Gasteiger partial charge is 0.349 e. The van der Waals surface area contributed by atoms with Crippen LogP contribution in [0.1, 0.15) is 38.2 Å². The van der Waals surface area contributed by atoms with Crippen LogP contribution in [0.25, 0.3) is 11.0 Å². The van der Waals surface area contributed by atoms with Crippen molar-refractivity contribution in [1.82, 2.24) is 0 Å². The molecule has 168 valence electrons. The predicted molar refractivity (Wildman–Crippen MR) is 119 cm³/mol. The van der Waals surface area contributed by atoms with Gasteiger partial charge in [0.05, 0.1) is 13.0 Å². The number of fused-ring (bicyclic) bond motifs is 1. The summed E-state index contributed by atoms with van der Waals surface area (Å²) < 4.78 is 20.8. The summed E-state index contributed by atoms with van der Waals surface area (Å²) in [6, 6.07) is 15.1. The predicted octanol–water partition coefficient (Wildman–Crippen LogP) is 4.47. The third kappa shape index (κ3) is 5.97. The number of ether oxygens (including phenoxy) is 3. The van der Waals surface area contributed by atoms with Crippen LogP contribution in [0.3, 0.4) is 0 Å². The van der Waals surface area contributed by atoms with Gasteiger partial charge in [0.2, 0.25) is 0 Å². The first-order chi connectivity index (χ1) is 15.4. The molecule has 0 aliphatic rings. The molecule has 2 unspecified atom stereocenters. The minimum atomic E-state index is -0.540. The fourth-order valence-corrected chi connectivity index (χ4v) is 3.47. The molecule has 7 nitrogen and oxygen atoms in total. The number of methoxy groups -OCH3 is 1. The first-order valence-corrected chi connectivity index (χ1v) is 10.4. The van der Waals surface area contributed by atoms with Crippen molar-refractivity contribution in [3.63, 3.8) is 0 Å². The highest BCUT2D eigenvalue weighted by Crippen LogP contribution is 2.27. The Morgan fingerprint density at radius 3 is 2.41 bits per heavy atom. The summed E-state index contributed by atoms with van der Waals surface area (Å²) in [6.45, 7) is 3.75. The van der Waals surface area contributed by atoms with Gasteiger partial charge in [-0.3, -0.25) is 4.79 Å². The van der Waals surface area contributed by atoms with Gasteiger partial charge in [-0.1, -0.05) is 26.0 Å². The molecule has 1 heterocycles. The number of hydrogen-bond acceptors (Lipinski definition) is 7. The van der Waals surface area contributed by atoms with E-state index in [9.17, 15) is 14.4 Å². The minimum absolute atomic E-state index is 0.143. The third-order valence-corrected chi connectivity index (χ3v) is 5.29. The van der Waals surface area contributed by atoms with Gasteiger partial charge in [0.15, 0.2) is 6.61 Å². The summed E-state index contributed by atoms with van der Waals surface area (Å²) in [5.74, 6) is 0.154. The van der Waals surface area contributed by atoms with Crippen molar-refractivity contribution in [3.8, 4) is 11.5 Å². The molecule has 0 fully saturated rings. The van der Waals surface area contributed by atoms with Crippen LogP contribution >= 0.6 is 0 Å². The lowest BCUT2D eigenvalue weighted by molar-refractivity contribution is -0.146. The number of carbonyl (C=O) groups excluding carboxylic acids is 2. The van der Waals surface area contributed by atoms with Crippen LogP contribution in [0.2, 0.25) is 0 Å². The Balaban J connectivity index is 1.53. The summed E-state index contributed by atoms with van der Waals surface area (Å²) in [6.07, 6.45) is 1.41. The van der Waals surface area contributed by atoms with E-state index in [0.29, 0.717) is 28.9 Å². The van der Waals surface area contributed by atoms with Gasteiger partial charge >= 0.3 is 17.6 Å². The van der Waals surface area contributed by atoms with Gasteiger partial charge < -0.3 is 18.6 Å². The van der Waals surface area contributed by atoms with E-state index in [0.717, 1.165) is 12.0 Å². The lowest BCUT2D eigenvalue weighted by Crippen LogP contribution is -2.18. The van der Waals surface area contributed by atoms with E-state index in [1.54, 1.807) is 36.4 Å². The topological polar surface area (TPSA) is 92.0 Å². The highest BCUT2D eigenvalue weighted by Gasteiger charge is 2.21. The van der Waals surface area contributed by atoms with Crippen molar-refractivity contribution < 1.29 is 28.2 Å². The quantitative estimate of drug-likeness (QED) is 0.276. The van der Waals surface area contributed by atoms with Gasteiger partial charge in [0, 0.05) is 11.5 Å². The van der Waals surface area contributed by atoms with Gasteiger partial charge in [0.25, 0.3) is 0 Å². The highest BCUT2D eigenvalue weighted by molar-refractivity contribution is 5.78. The van der Waals surface area contributed by atoms with E-state index in [4.69, 9.17) is 18.6 Å². The first-order valence-electron chi connectivity index (χ1n) is 10.4. The second kappa shape index (κ2) is 10.6. The summed E-state index contributed by atoms with van der Waals surface area (Å²) in [4.78, 5) is 35.2. The van der Waals surface area contributed by atoms with Crippen molar-refractivity contribution in [1.29, 1.82) is 0 Å². The second-order valence-corrected chi connectivity index (χ2v) is 7.55. The zero-order chi connectivity index (χ0) is 23.1. The zero-order valence-electron chi connectivity index (χ0n) is 18.3. The summed E-state index contributed by atoms with van der Waals surface area (Å²) in [5, 5.41) is 0.692.